The summed E-state index contributed by atoms with van der Waals surface area (Å²) in [7, 11) is 0. The van der Waals surface area contributed by atoms with Gasteiger partial charge in [-0.2, -0.15) is 0 Å². The van der Waals surface area contributed by atoms with Crippen molar-refractivity contribution < 1.29 is 0 Å². The summed E-state index contributed by atoms with van der Waals surface area (Å²) in [5, 5.41) is 0. The van der Waals surface area contributed by atoms with Crippen LogP contribution in [0.2, 0.25) is 0 Å². The predicted molar refractivity (Wildman–Crippen MR) is 60.1 cm³/mol. The molecule has 0 saturated heterocycles. The van der Waals surface area contributed by atoms with Crippen molar-refractivity contribution in [3.8, 4) is 11.1 Å². The molecule has 2 aromatic rings. The molecular weight excluding hydrogens is 235 g/mol. The molecule has 14 heavy (non-hydrogen) atoms. The molecule has 1 radical (unpaired) electrons. The second kappa shape index (κ2) is 2.98. The molecule has 1 heteroatoms. The van der Waals surface area contributed by atoms with Gasteiger partial charge in [0.25, 0.3) is 0 Å². The number of hydrogen-bond donors (Lipinski definition) is 0. The van der Waals surface area contributed by atoms with Gasteiger partial charge in [0.2, 0.25) is 0 Å². The van der Waals surface area contributed by atoms with Crippen molar-refractivity contribution in [3.63, 3.8) is 0 Å². The third-order valence-electron chi connectivity index (χ3n) is 2.78. The van der Waals surface area contributed by atoms with Gasteiger partial charge in [-0.3, -0.25) is 0 Å². The Morgan fingerprint density at radius 3 is 2.57 bits per heavy atom. The molecule has 0 aromatic heterocycles. The molecular formula is C13H9Se. The van der Waals surface area contributed by atoms with Crippen LogP contribution in [0.15, 0.2) is 42.5 Å². The average molecular weight is 244 g/mol. The van der Waals surface area contributed by atoms with Crippen LogP contribution in [-0.4, -0.2) is 16.0 Å². The van der Waals surface area contributed by atoms with E-state index in [-0.39, 0.29) is 0 Å². The molecule has 0 unspecified atom stereocenters. The van der Waals surface area contributed by atoms with Gasteiger partial charge in [0.1, 0.15) is 0 Å². The summed E-state index contributed by atoms with van der Waals surface area (Å²) in [6.45, 7) is 0. The number of rotatable bonds is 0. The Morgan fingerprint density at radius 2 is 1.64 bits per heavy atom. The summed E-state index contributed by atoms with van der Waals surface area (Å²) in [6.07, 6.45) is 1.08. The first kappa shape index (κ1) is 8.28. The van der Waals surface area contributed by atoms with Crippen molar-refractivity contribution in [2.24, 2.45) is 0 Å². The SMILES string of the molecule is [Se]c1cccc2c1-c1ccccc1C2. The van der Waals surface area contributed by atoms with E-state index in [0.717, 1.165) is 6.42 Å². The number of benzene rings is 2. The van der Waals surface area contributed by atoms with Crippen molar-refractivity contribution in [1.29, 1.82) is 0 Å². The van der Waals surface area contributed by atoms with Gasteiger partial charge in [-0.15, -0.1) is 0 Å². The average Bonchev–Trinajstić information content (AvgIpc) is 2.57. The molecule has 0 atom stereocenters. The maximum absolute atomic E-state index is 3.14. The first-order valence-electron chi connectivity index (χ1n) is 4.73. The molecule has 0 spiro atoms. The summed E-state index contributed by atoms with van der Waals surface area (Å²) in [5.41, 5.74) is 5.70. The zero-order chi connectivity index (χ0) is 9.54. The molecule has 0 aliphatic heterocycles. The van der Waals surface area contributed by atoms with E-state index < -0.39 is 0 Å². The Morgan fingerprint density at radius 1 is 0.857 bits per heavy atom. The predicted octanol–water partition coefficient (Wildman–Crippen LogP) is 2.05. The molecule has 0 heterocycles. The van der Waals surface area contributed by atoms with Crippen molar-refractivity contribution in [2.45, 2.75) is 6.42 Å². The minimum atomic E-state index is 1.08. The van der Waals surface area contributed by atoms with Gasteiger partial charge in [-0.1, -0.05) is 0 Å². The topological polar surface area (TPSA) is 0 Å². The molecule has 67 valence electrons. The van der Waals surface area contributed by atoms with E-state index in [1.807, 2.05) is 0 Å². The number of fused-ring (bicyclic) bond motifs is 3. The summed E-state index contributed by atoms with van der Waals surface area (Å²) in [4.78, 5) is 0. The molecule has 0 fully saturated rings. The Hall–Kier alpha value is -1.04. The summed E-state index contributed by atoms with van der Waals surface area (Å²) in [5.74, 6) is 0. The van der Waals surface area contributed by atoms with E-state index in [2.05, 4.69) is 58.5 Å². The van der Waals surface area contributed by atoms with Gasteiger partial charge in [-0.25, -0.2) is 0 Å². The summed E-state index contributed by atoms with van der Waals surface area (Å²) < 4.78 is 1.27. The van der Waals surface area contributed by atoms with Crippen LogP contribution < -0.4 is 4.46 Å². The van der Waals surface area contributed by atoms with Crippen molar-refractivity contribution >= 4 is 20.5 Å². The van der Waals surface area contributed by atoms with Gasteiger partial charge in [0, 0.05) is 0 Å². The zero-order valence-corrected chi connectivity index (χ0v) is 9.37. The molecule has 3 rings (SSSR count). The van der Waals surface area contributed by atoms with E-state index >= 15 is 0 Å². The third kappa shape index (κ3) is 1.06. The fourth-order valence-electron chi connectivity index (χ4n) is 2.15. The Balaban J connectivity index is 2.35. The molecule has 0 saturated carbocycles. The van der Waals surface area contributed by atoms with Crippen molar-refractivity contribution in [1.82, 2.24) is 0 Å². The van der Waals surface area contributed by atoms with E-state index in [1.54, 1.807) is 0 Å². The Bertz CT molecular complexity index is 500. The van der Waals surface area contributed by atoms with Crippen molar-refractivity contribution in [3.05, 3.63) is 53.6 Å². The van der Waals surface area contributed by atoms with Crippen LogP contribution in [0.3, 0.4) is 0 Å². The standard InChI is InChI=1S/C13H9Se/c14-12-7-3-5-10-8-9-4-1-2-6-11(9)13(10)12/h1-7H,8H2. The fourth-order valence-corrected chi connectivity index (χ4v) is 2.82. The van der Waals surface area contributed by atoms with E-state index in [1.165, 1.54) is 26.7 Å². The number of hydrogen-bond acceptors (Lipinski definition) is 0. The maximum atomic E-state index is 3.14. The molecule has 0 bridgehead atoms. The van der Waals surface area contributed by atoms with Crippen LogP contribution in [0.25, 0.3) is 11.1 Å². The monoisotopic (exact) mass is 245 g/mol. The molecule has 0 nitrogen and oxygen atoms in total. The normalized spacial score (nSPS) is 12.3. The van der Waals surface area contributed by atoms with Crippen LogP contribution in [0.1, 0.15) is 11.1 Å². The van der Waals surface area contributed by atoms with Gasteiger partial charge in [0.15, 0.2) is 0 Å². The van der Waals surface area contributed by atoms with Gasteiger partial charge >= 0.3 is 91.6 Å². The second-order valence-corrected chi connectivity index (χ2v) is 4.55. The molecule has 1 aliphatic rings. The third-order valence-corrected chi connectivity index (χ3v) is 3.49. The van der Waals surface area contributed by atoms with Gasteiger partial charge in [-0.05, 0) is 0 Å². The quantitative estimate of drug-likeness (QED) is 0.531. The minimum absolute atomic E-state index is 1.08. The Kier molecular flexibility index (Phi) is 1.76. The first-order valence-corrected chi connectivity index (χ1v) is 5.59. The van der Waals surface area contributed by atoms with Crippen LogP contribution in [0, 0.1) is 0 Å². The van der Waals surface area contributed by atoms with Gasteiger partial charge < -0.3 is 0 Å². The van der Waals surface area contributed by atoms with Crippen LogP contribution in [-0.2, 0) is 6.42 Å². The fraction of sp³-hybridized carbons (Fsp3) is 0.0769. The van der Waals surface area contributed by atoms with Crippen LogP contribution in [0.5, 0.6) is 0 Å². The molecule has 1 aliphatic carbocycles. The molecule has 0 amide bonds. The second-order valence-electron chi connectivity index (χ2n) is 3.62. The van der Waals surface area contributed by atoms with Crippen LogP contribution >= 0.6 is 0 Å². The van der Waals surface area contributed by atoms with Gasteiger partial charge in [0.05, 0.1) is 0 Å². The van der Waals surface area contributed by atoms with Crippen molar-refractivity contribution in [2.75, 3.05) is 0 Å². The first-order chi connectivity index (χ1) is 6.86. The summed E-state index contributed by atoms with van der Waals surface area (Å²) in [6, 6.07) is 15.1. The van der Waals surface area contributed by atoms with E-state index in [4.69, 9.17) is 0 Å². The molecule has 2 aromatic carbocycles. The van der Waals surface area contributed by atoms with Crippen LogP contribution in [0.4, 0.5) is 0 Å². The zero-order valence-electron chi connectivity index (χ0n) is 7.66. The van der Waals surface area contributed by atoms with E-state index in [0.29, 0.717) is 0 Å². The Labute approximate surface area is 91.8 Å². The summed E-state index contributed by atoms with van der Waals surface area (Å²) >= 11 is 3.14. The van der Waals surface area contributed by atoms with E-state index in [9.17, 15) is 0 Å². The molecule has 0 N–H and O–H groups in total.